The molecule has 2 atom stereocenters. The molecule has 0 fully saturated rings. The molecule has 0 heterocycles. The van der Waals surface area contributed by atoms with Gasteiger partial charge >= 0.3 is 6.03 Å². The highest BCUT2D eigenvalue weighted by atomic mass is 16.2. The van der Waals surface area contributed by atoms with Crippen LogP contribution in [-0.4, -0.2) is 24.5 Å². The highest BCUT2D eigenvalue weighted by Gasteiger charge is 2.42. The van der Waals surface area contributed by atoms with Crippen LogP contribution in [-0.2, 0) is 4.79 Å². The Morgan fingerprint density at radius 2 is 1.41 bits per heavy atom. The van der Waals surface area contributed by atoms with Gasteiger partial charge in [-0.1, -0.05) is 66.7 Å². The van der Waals surface area contributed by atoms with Crippen LogP contribution in [0.2, 0.25) is 0 Å². The van der Waals surface area contributed by atoms with Gasteiger partial charge in [-0.2, -0.15) is 0 Å². The molecule has 3 N–H and O–H groups in total. The molecular weight excluding hydrogens is 398 g/mol. The zero-order valence-corrected chi connectivity index (χ0v) is 18.0. The highest BCUT2D eigenvalue weighted by molar-refractivity contribution is 5.93. The number of fused-ring (bicyclic) bond motifs is 1. The maximum atomic E-state index is 12.7. The van der Waals surface area contributed by atoms with Gasteiger partial charge in [-0.25, -0.2) is 4.79 Å². The molecule has 0 unspecified atom stereocenters. The van der Waals surface area contributed by atoms with Gasteiger partial charge in [-0.15, -0.1) is 0 Å². The Kier molecular flexibility index (Phi) is 5.39. The van der Waals surface area contributed by atoms with Crippen LogP contribution in [0, 0.1) is 5.92 Å². The summed E-state index contributed by atoms with van der Waals surface area (Å²) in [7, 11) is 0. The molecule has 0 spiro atoms. The summed E-state index contributed by atoms with van der Waals surface area (Å²) < 4.78 is 0. The van der Waals surface area contributed by atoms with E-state index in [-0.39, 0.29) is 11.8 Å². The normalized spacial score (nSPS) is 21.1. The minimum Gasteiger partial charge on any atom is -0.354 e. The number of rotatable bonds is 5. The Balaban J connectivity index is 1.24. The van der Waals surface area contributed by atoms with Crippen LogP contribution < -0.4 is 16.0 Å². The second kappa shape index (κ2) is 8.50. The zero-order valence-electron chi connectivity index (χ0n) is 18.0. The Hall–Kier alpha value is -3.60. The predicted octanol–water partition coefficient (Wildman–Crippen LogP) is 4.61. The first-order chi connectivity index (χ1) is 15.6. The number of carbonyl (C=O) groups is 2. The van der Waals surface area contributed by atoms with Gasteiger partial charge in [-0.3, -0.25) is 4.79 Å². The average molecular weight is 426 g/mol. The number of benzene rings is 3. The van der Waals surface area contributed by atoms with Crippen molar-refractivity contribution in [1.29, 1.82) is 0 Å². The van der Waals surface area contributed by atoms with E-state index in [0.29, 0.717) is 24.1 Å². The predicted molar refractivity (Wildman–Crippen MR) is 126 cm³/mol. The van der Waals surface area contributed by atoms with E-state index in [2.05, 4.69) is 64.5 Å². The fourth-order valence-electron chi connectivity index (χ4n) is 5.30. The number of urea groups is 1. The summed E-state index contributed by atoms with van der Waals surface area (Å²) in [4.78, 5) is 24.9. The van der Waals surface area contributed by atoms with Crippen molar-refractivity contribution in [1.82, 2.24) is 10.6 Å². The Morgan fingerprint density at radius 3 is 2.03 bits per heavy atom. The third-order valence-corrected chi connectivity index (χ3v) is 6.73. The van der Waals surface area contributed by atoms with Crippen molar-refractivity contribution in [3.63, 3.8) is 0 Å². The standard InChI is InChI=1S/C27H27N3O2/c1-17(29-27(32)30-19-9-3-2-4-10-19)26(31)28-16-18-15-24-20-11-5-7-13-22(20)25(18)23-14-8-6-12-21(23)24/h2-14,17-18,24-25H,15-16H2,1H3,(H,28,31)(H2,29,30,32)/t17-,18-,24?,25?/m0/s1. The summed E-state index contributed by atoms with van der Waals surface area (Å²) in [5.74, 6) is 0.828. The lowest BCUT2D eigenvalue weighted by Gasteiger charge is -2.45. The molecule has 6 rings (SSSR count). The maximum absolute atomic E-state index is 12.7. The number of para-hydroxylation sites is 1. The summed E-state index contributed by atoms with van der Waals surface area (Å²) in [6.45, 7) is 2.30. The van der Waals surface area contributed by atoms with Gasteiger partial charge in [-0.05, 0) is 53.6 Å². The molecule has 0 radical (unpaired) electrons. The topological polar surface area (TPSA) is 70.2 Å². The number of carbonyl (C=O) groups excluding carboxylic acids is 2. The monoisotopic (exact) mass is 425 g/mol. The van der Waals surface area contributed by atoms with Crippen LogP contribution in [0.1, 0.15) is 47.4 Å². The first-order valence-electron chi connectivity index (χ1n) is 11.2. The van der Waals surface area contributed by atoms with Gasteiger partial charge in [0, 0.05) is 24.1 Å². The molecule has 3 amide bonds. The third-order valence-electron chi connectivity index (χ3n) is 6.73. The van der Waals surface area contributed by atoms with Crippen LogP contribution in [0.15, 0.2) is 78.9 Å². The van der Waals surface area contributed by atoms with E-state index >= 15 is 0 Å². The molecule has 0 saturated carbocycles. The smallest absolute Gasteiger partial charge is 0.319 e. The van der Waals surface area contributed by atoms with Crippen molar-refractivity contribution in [3.8, 4) is 0 Å². The number of hydrogen-bond donors (Lipinski definition) is 3. The van der Waals surface area contributed by atoms with Crippen LogP contribution in [0.25, 0.3) is 0 Å². The highest BCUT2D eigenvalue weighted by Crippen LogP contribution is 2.55. The average Bonchev–Trinajstić information content (AvgIpc) is 2.83. The first kappa shape index (κ1) is 20.3. The molecule has 0 saturated heterocycles. The van der Waals surface area contributed by atoms with Crippen LogP contribution in [0.4, 0.5) is 10.5 Å². The SMILES string of the molecule is C[C@H](NC(=O)Nc1ccccc1)C(=O)NC[C@@H]1CC2c3ccccc3C1c1ccccc12. The van der Waals surface area contributed by atoms with Gasteiger partial charge in [0.2, 0.25) is 5.91 Å². The Labute approximate surface area is 188 Å². The largest absolute Gasteiger partial charge is 0.354 e. The van der Waals surface area contributed by atoms with Gasteiger partial charge in [0.1, 0.15) is 6.04 Å². The van der Waals surface area contributed by atoms with Crippen molar-refractivity contribution >= 4 is 17.6 Å². The summed E-state index contributed by atoms with van der Waals surface area (Å²) in [5, 5.41) is 8.55. The third kappa shape index (κ3) is 3.75. The second-order valence-corrected chi connectivity index (χ2v) is 8.72. The molecule has 3 aromatic rings. The van der Waals surface area contributed by atoms with Crippen molar-refractivity contribution in [2.75, 3.05) is 11.9 Å². The molecule has 2 bridgehead atoms. The van der Waals surface area contributed by atoms with Gasteiger partial charge in [0.05, 0.1) is 0 Å². The summed E-state index contributed by atoms with van der Waals surface area (Å²) in [6.07, 6.45) is 1.02. The molecule has 3 aliphatic carbocycles. The van der Waals surface area contributed by atoms with E-state index in [0.717, 1.165) is 6.42 Å². The van der Waals surface area contributed by atoms with E-state index in [1.807, 2.05) is 18.2 Å². The Bertz CT molecular complexity index is 1100. The fourth-order valence-corrected chi connectivity index (χ4v) is 5.30. The summed E-state index contributed by atoms with van der Waals surface area (Å²) >= 11 is 0. The van der Waals surface area contributed by atoms with E-state index in [4.69, 9.17) is 0 Å². The van der Waals surface area contributed by atoms with Gasteiger partial charge in [0.15, 0.2) is 0 Å². The van der Waals surface area contributed by atoms with Crippen molar-refractivity contribution < 1.29 is 9.59 Å². The minimum atomic E-state index is -0.626. The van der Waals surface area contributed by atoms with E-state index < -0.39 is 12.1 Å². The lowest BCUT2D eigenvalue weighted by Crippen LogP contribution is -2.48. The summed E-state index contributed by atoms with van der Waals surface area (Å²) in [5.41, 5.74) is 6.30. The number of anilines is 1. The molecule has 32 heavy (non-hydrogen) atoms. The molecule has 162 valence electrons. The number of amides is 3. The minimum absolute atomic E-state index is 0.170. The molecular formula is C27H27N3O2. The number of nitrogens with one attached hydrogen (secondary N) is 3. The fraction of sp³-hybridized carbons (Fsp3) is 0.259. The number of hydrogen-bond acceptors (Lipinski definition) is 2. The van der Waals surface area contributed by atoms with Crippen molar-refractivity contribution in [2.45, 2.75) is 31.2 Å². The van der Waals surface area contributed by atoms with E-state index in [1.165, 1.54) is 22.3 Å². The lowest BCUT2D eigenvalue weighted by atomic mass is 9.59. The first-order valence-corrected chi connectivity index (χ1v) is 11.2. The van der Waals surface area contributed by atoms with E-state index in [1.54, 1.807) is 19.1 Å². The quantitative estimate of drug-likeness (QED) is 0.559. The Morgan fingerprint density at radius 1 is 0.844 bits per heavy atom. The molecule has 3 aliphatic rings. The van der Waals surface area contributed by atoms with Crippen LogP contribution in [0.5, 0.6) is 0 Å². The van der Waals surface area contributed by atoms with Crippen molar-refractivity contribution in [3.05, 3.63) is 101 Å². The van der Waals surface area contributed by atoms with Gasteiger partial charge in [0.25, 0.3) is 0 Å². The van der Waals surface area contributed by atoms with Crippen LogP contribution >= 0.6 is 0 Å². The molecule has 0 aliphatic heterocycles. The van der Waals surface area contributed by atoms with Gasteiger partial charge < -0.3 is 16.0 Å². The molecule has 0 aromatic heterocycles. The maximum Gasteiger partial charge on any atom is 0.319 e. The van der Waals surface area contributed by atoms with E-state index in [9.17, 15) is 9.59 Å². The van der Waals surface area contributed by atoms with Crippen molar-refractivity contribution in [2.24, 2.45) is 5.92 Å². The molecule has 5 nitrogen and oxygen atoms in total. The zero-order chi connectivity index (χ0) is 22.1. The van der Waals surface area contributed by atoms with Crippen LogP contribution in [0.3, 0.4) is 0 Å². The summed E-state index contributed by atoms with van der Waals surface area (Å²) in [6, 6.07) is 25.6. The molecule has 5 heteroatoms. The molecule has 3 aromatic carbocycles. The second-order valence-electron chi connectivity index (χ2n) is 8.72. The lowest BCUT2D eigenvalue weighted by molar-refractivity contribution is -0.122.